The predicted octanol–water partition coefficient (Wildman–Crippen LogP) is -1.62. The van der Waals surface area contributed by atoms with Crippen LogP contribution in [0, 0.1) is 0 Å². The van der Waals surface area contributed by atoms with E-state index in [-0.39, 0.29) is 17.8 Å². The summed E-state index contributed by atoms with van der Waals surface area (Å²) in [5.74, 6) is 0.125. The molecule has 0 spiro atoms. The van der Waals surface area contributed by atoms with Crippen LogP contribution in [-0.2, 0) is 23.5 Å². The number of rotatable bonds is 0. The molecule has 0 bridgehead atoms. The third-order valence-corrected chi connectivity index (χ3v) is 0.687. The van der Waals surface area contributed by atoms with Crippen LogP contribution in [0.15, 0.2) is 0 Å². The van der Waals surface area contributed by atoms with Gasteiger partial charge in [0.2, 0.25) is 17.8 Å². The van der Waals surface area contributed by atoms with Gasteiger partial charge in [0.25, 0.3) is 0 Å². The van der Waals surface area contributed by atoms with Gasteiger partial charge in [0.15, 0.2) is 0 Å². The van der Waals surface area contributed by atoms with Crippen molar-refractivity contribution in [2.75, 3.05) is 17.2 Å². The van der Waals surface area contributed by atoms with Gasteiger partial charge in [0, 0.05) is 0 Å². The van der Waals surface area contributed by atoms with E-state index >= 15 is 0 Å². The first-order valence-corrected chi connectivity index (χ1v) is 3.71. The van der Waals surface area contributed by atoms with Gasteiger partial charge in [0.1, 0.15) is 0 Å². The molecule has 8 nitrogen and oxygen atoms in total. The monoisotopic (exact) mass is 209 g/mol. The maximum atomic E-state index is 8.47. The van der Waals surface area contributed by atoms with Crippen molar-refractivity contribution in [2.24, 2.45) is 0 Å². The van der Waals surface area contributed by atoms with Crippen LogP contribution in [0.4, 0.5) is 17.8 Å². The van der Waals surface area contributed by atoms with E-state index in [1.807, 2.05) is 0 Å². The molecule has 6 N–H and O–H groups in total. The zero-order valence-electron chi connectivity index (χ0n) is 5.84. The van der Waals surface area contributed by atoms with Gasteiger partial charge in [-0.1, -0.05) is 0 Å². The second-order valence-corrected chi connectivity index (χ2v) is 1.72. The van der Waals surface area contributed by atoms with Crippen molar-refractivity contribution < 1.29 is 23.5 Å². The Labute approximate surface area is 74.1 Å². The Morgan fingerprint density at radius 1 is 0.833 bits per heavy atom. The molecule has 12 heavy (non-hydrogen) atoms. The van der Waals surface area contributed by atoms with Crippen molar-refractivity contribution in [1.29, 1.82) is 0 Å². The van der Waals surface area contributed by atoms with E-state index in [2.05, 4.69) is 15.0 Å². The molecule has 9 heteroatoms. The molecule has 0 aromatic carbocycles. The minimum absolute atomic E-state index is 0.0417. The second kappa shape index (κ2) is 5.27. The Kier molecular flexibility index (Phi) is 4.65. The summed E-state index contributed by atoms with van der Waals surface area (Å²) in [6.45, 7) is 0. The summed E-state index contributed by atoms with van der Waals surface area (Å²) < 4.78 is 16.9. The predicted molar refractivity (Wildman–Crippen MR) is 34.4 cm³/mol. The molecule has 0 unspecified atom stereocenters. The Morgan fingerprint density at radius 3 is 1.17 bits per heavy atom. The molecule has 0 amide bonds. The van der Waals surface area contributed by atoms with E-state index in [0.717, 1.165) is 0 Å². The van der Waals surface area contributed by atoms with Crippen LogP contribution in [0.2, 0.25) is 0 Å². The Bertz CT molecular complexity index is 246. The van der Waals surface area contributed by atoms with Crippen molar-refractivity contribution in [3.63, 3.8) is 0 Å². The zero-order chi connectivity index (χ0) is 9.56. The molecule has 1 aromatic rings. The molecule has 0 saturated heterocycles. The molecular formula is C3H6N6O2V. The van der Waals surface area contributed by atoms with Crippen LogP contribution in [-0.4, -0.2) is 15.0 Å². The van der Waals surface area contributed by atoms with E-state index in [0.29, 0.717) is 0 Å². The van der Waals surface area contributed by atoms with E-state index < -0.39 is 16.2 Å². The summed E-state index contributed by atoms with van der Waals surface area (Å²) in [5, 5.41) is 0. The SMILES string of the molecule is Nc1nc(N)nc(N)n1.[O]=[V]=[O]. The molecular weight excluding hydrogens is 203 g/mol. The topological polar surface area (TPSA) is 151 Å². The van der Waals surface area contributed by atoms with Gasteiger partial charge in [0.05, 0.1) is 0 Å². The first kappa shape index (κ1) is 10.6. The zero-order valence-corrected chi connectivity index (χ0v) is 7.23. The summed E-state index contributed by atoms with van der Waals surface area (Å²) in [5.41, 5.74) is 15.4. The molecule has 0 aliphatic carbocycles. The standard InChI is InChI=1S/C3H6N6.2O.V/c4-1-7-2(5)9-3(6)8-1;;;/h(H6,4,5,6,7,8,9);;;. The fourth-order valence-corrected chi connectivity index (χ4v) is 0.427. The molecule has 0 atom stereocenters. The van der Waals surface area contributed by atoms with Crippen LogP contribution in [0.3, 0.4) is 0 Å². The first-order chi connectivity index (χ1) is 5.60. The van der Waals surface area contributed by atoms with Gasteiger partial charge in [-0.25, -0.2) is 0 Å². The molecule has 0 aliphatic heterocycles. The minimum atomic E-state index is -1.81. The molecule has 0 saturated carbocycles. The third-order valence-electron chi connectivity index (χ3n) is 0.687. The third kappa shape index (κ3) is 4.42. The molecule has 65 valence electrons. The quantitative estimate of drug-likeness (QED) is 0.460. The molecule has 0 fully saturated rings. The fraction of sp³-hybridized carbons (Fsp3) is 0. The fourth-order valence-electron chi connectivity index (χ4n) is 0.427. The van der Waals surface area contributed by atoms with Crippen molar-refractivity contribution in [3.8, 4) is 0 Å². The van der Waals surface area contributed by atoms with E-state index in [1.54, 1.807) is 0 Å². The van der Waals surface area contributed by atoms with Crippen molar-refractivity contribution >= 4 is 17.8 Å². The number of aromatic nitrogens is 3. The van der Waals surface area contributed by atoms with Gasteiger partial charge in [-0.3, -0.25) is 0 Å². The summed E-state index contributed by atoms with van der Waals surface area (Å²) in [6, 6.07) is 0. The maximum absolute atomic E-state index is 8.47. The molecule has 1 aromatic heterocycles. The average Bonchev–Trinajstić information content (AvgIpc) is 1.84. The van der Waals surface area contributed by atoms with Crippen molar-refractivity contribution in [1.82, 2.24) is 15.0 Å². The normalized spacial score (nSPS) is 7.67. The number of nitrogens with two attached hydrogens (primary N) is 3. The van der Waals surface area contributed by atoms with Gasteiger partial charge in [-0.05, 0) is 0 Å². The van der Waals surface area contributed by atoms with Gasteiger partial charge in [-0.15, -0.1) is 0 Å². The first-order valence-electron chi connectivity index (χ1n) is 2.57. The Hall–Kier alpha value is -1.41. The van der Waals surface area contributed by atoms with Gasteiger partial charge in [-0.2, -0.15) is 15.0 Å². The van der Waals surface area contributed by atoms with E-state index in [1.165, 1.54) is 0 Å². The molecule has 0 radical (unpaired) electrons. The van der Waals surface area contributed by atoms with E-state index in [9.17, 15) is 0 Å². The molecule has 1 heterocycles. The summed E-state index contributed by atoms with van der Waals surface area (Å²) in [6.07, 6.45) is 0. The van der Waals surface area contributed by atoms with Crippen molar-refractivity contribution in [3.05, 3.63) is 0 Å². The number of anilines is 3. The number of nitrogens with zero attached hydrogens (tertiary/aromatic N) is 3. The van der Waals surface area contributed by atoms with Crippen LogP contribution in [0.1, 0.15) is 0 Å². The molecule has 1 rings (SSSR count). The van der Waals surface area contributed by atoms with Crippen LogP contribution in [0.25, 0.3) is 0 Å². The Balaban J connectivity index is 0.000000354. The number of nitrogen functional groups attached to an aromatic ring is 3. The van der Waals surface area contributed by atoms with Crippen molar-refractivity contribution in [2.45, 2.75) is 0 Å². The van der Waals surface area contributed by atoms with E-state index in [4.69, 9.17) is 24.5 Å². The summed E-state index contributed by atoms with van der Waals surface area (Å²) in [4.78, 5) is 10.5. The van der Waals surface area contributed by atoms with Crippen LogP contribution >= 0.6 is 0 Å². The van der Waals surface area contributed by atoms with Crippen LogP contribution < -0.4 is 17.2 Å². The van der Waals surface area contributed by atoms with Crippen LogP contribution in [0.5, 0.6) is 0 Å². The summed E-state index contributed by atoms with van der Waals surface area (Å²) in [7, 11) is 0. The number of hydrogen-bond donors (Lipinski definition) is 3. The second-order valence-electron chi connectivity index (χ2n) is 1.48. The number of hydrogen-bond acceptors (Lipinski definition) is 8. The van der Waals surface area contributed by atoms with Gasteiger partial charge < -0.3 is 17.2 Å². The Morgan fingerprint density at radius 2 is 1.00 bits per heavy atom. The van der Waals surface area contributed by atoms with Gasteiger partial charge >= 0.3 is 23.5 Å². The average molecular weight is 209 g/mol. The molecule has 0 aliphatic rings. The summed E-state index contributed by atoms with van der Waals surface area (Å²) >= 11 is -1.81.